The lowest BCUT2D eigenvalue weighted by atomic mass is 10.0. The van der Waals surface area contributed by atoms with Crippen LogP contribution in [0.5, 0.6) is 0 Å². The van der Waals surface area contributed by atoms with Crippen molar-refractivity contribution in [1.29, 1.82) is 0 Å². The highest BCUT2D eigenvalue weighted by Crippen LogP contribution is 2.24. The second-order valence-electron chi connectivity index (χ2n) is 6.14. The molecule has 3 rings (SSSR count). The minimum absolute atomic E-state index is 0.663. The molecule has 2 aromatic heterocycles. The molecule has 0 aliphatic rings. The Morgan fingerprint density at radius 1 is 1.12 bits per heavy atom. The molecule has 1 aromatic carbocycles. The van der Waals surface area contributed by atoms with Crippen LogP contribution in [0.1, 0.15) is 23.9 Å². The second-order valence-corrected chi connectivity index (χ2v) is 6.14. The van der Waals surface area contributed by atoms with Crippen LogP contribution in [0.15, 0.2) is 73.0 Å². The highest BCUT2D eigenvalue weighted by atomic mass is 15.1. The van der Waals surface area contributed by atoms with Crippen LogP contribution < -0.4 is 5.32 Å². The number of H-pyrrole nitrogens is 1. The first-order chi connectivity index (χ1) is 12.8. The SMILES string of the molecule is CC=C/C=C\Cc1cc(CNc2cc(-c3ccccc3C)ccn2)[nH]n1. The summed E-state index contributed by atoms with van der Waals surface area (Å²) in [5.74, 6) is 0.856. The summed E-state index contributed by atoms with van der Waals surface area (Å²) in [5.41, 5.74) is 5.73. The van der Waals surface area contributed by atoms with Gasteiger partial charge in [0.15, 0.2) is 0 Å². The minimum atomic E-state index is 0.663. The van der Waals surface area contributed by atoms with Crippen molar-refractivity contribution in [2.45, 2.75) is 26.8 Å². The fourth-order valence-electron chi connectivity index (χ4n) is 2.76. The van der Waals surface area contributed by atoms with Gasteiger partial charge in [-0.2, -0.15) is 5.10 Å². The van der Waals surface area contributed by atoms with Crippen LogP contribution in [0.2, 0.25) is 0 Å². The average Bonchev–Trinajstić information content (AvgIpc) is 3.12. The van der Waals surface area contributed by atoms with E-state index in [1.807, 2.05) is 37.4 Å². The van der Waals surface area contributed by atoms with E-state index in [1.165, 1.54) is 16.7 Å². The molecule has 4 nitrogen and oxygen atoms in total. The van der Waals surface area contributed by atoms with Crippen LogP contribution in [0.25, 0.3) is 11.1 Å². The van der Waals surface area contributed by atoms with Gasteiger partial charge in [0.25, 0.3) is 0 Å². The molecule has 2 heterocycles. The third-order valence-electron chi connectivity index (χ3n) is 4.13. The Kier molecular flexibility index (Phi) is 5.99. The number of rotatable bonds is 7. The molecule has 0 atom stereocenters. The van der Waals surface area contributed by atoms with Crippen LogP contribution in [-0.2, 0) is 13.0 Å². The predicted molar refractivity (Wildman–Crippen MR) is 108 cm³/mol. The molecule has 4 heteroatoms. The molecular weight excluding hydrogens is 320 g/mol. The van der Waals surface area contributed by atoms with E-state index in [9.17, 15) is 0 Å². The highest BCUT2D eigenvalue weighted by Gasteiger charge is 2.04. The quantitative estimate of drug-likeness (QED) is 0.589. The van der Waals surface area contributed by atoms with E-state index in [2.05, 4.69) is 69.9 Å². The molecule has 26 heavy (non-hydrogen) atoms. The van der Waals surface area contributed by atoms with Crippen LogP contribution in [0, 0.1) is 6.92 Å². The zero-order valence-corrected chi connectivity index (χ0v) is 15.2. The van der Waals surface area contributed by atoms with Gasteiger partial charge in [-0.15, -0.1) is 0 Å². The van der Waals surface area contributed by atoms with Crippen molar-refractivity contribution in [1.82, 2.24) is 15.2 Å². The molecule has 132 valence electrons. The molecule has 0 saturated carbocycles. The lowest BCUT2D eigenvalue weighted by Crippen LogP contribution is -2.01. The van der Waals surface area contributed by atoms with E-state index >= 15 is 0 Å². The Morgan fingerprint density at radius 2 is 2.00 bits per heavy atom. The first-order valence-electron chi connectivity index (χ1n) is 8.83. The molecule has 0 aliphatic heterocycles. The molecule has 0 bridgehead atoms. The summed E-state index contributed by atoms with van der Waals surface area (Å²) in [6.07, 6.45) is 10.8. The molecule has 0 aliphatic carbocycles. The Hall–Kier alpha value is -3.14. The summed E-state index contributed by atoms with van der Waals surface area (Å²) in [7, 11) is 0. The molecule has 0 unspecified atom stereocenters. The lowest BCUT2D eigenvalue weighted by Gasteiger charge is -2.08. The number of pyridine rings is 1. The van der Waals surface area contributed by atoms with E-state index in [-0.39, 0.29) is 0 Å². The first kappa shape index (κ1) is 17.7. The fraction of sp³-hybridized carbons (Fsp3) is 0.182. The average molecular weight is 344 g/mol. The molecule has 0 fully saturated rings. The zero-order valence-electron chi connectivity index (χ0n) is 15.2. The van der Waals surface area contributed by atoms with Crippen LogP contribution in [-0.4, -0.2) is 15.2 Å². The largest absolute Gasteiger partial charge is 0.364 e. The van der Waals surface area contributed by atoms with Gasteiger partial charge in [0.1, 0.15) is 5.82 Å². The summed E-state index contributed by atoms with van der Waals surface area (Å²) >= 11 is 0. The van der Waals surface area contributed by atoms with Crippen molar-refractivity contribution < 1.29 is 0 Å². The molecule has 0 saturated heterocycles. The van der Waals surface area contributed by atoms with E-state index in [1.54, 1.807) is 0 Å². The lowest BCUT2D eigenvalue weighted by molar-refractivity contribution is 0.951. The maximum Gasteiger partial charge on any atom is 0.126 e. The Bertz CT molecular complexity index is 906. The van der Waals surface area contributed by atoms with E-state index < -0.39 is 0 Å². The molecule has 3 aromatic rings. The smallest absolute Gasteiger partial charge is 0.126 e. The van der Waals surface area contributed by atoms with Crippen molar-refractivity contribution in [2.24, 2.45) is 0 Å². The molecule has 0 amide bonds. The van der Waals surface area contributed by atoms with E-state index in [0.717, 1.165) is 23.6 Å². The van der Waals surface area contributed by atoms with Crippen molar-refractivity contribution in [2.75, 3.05) is 5.32 Å². The topological polar surface area (TPSA) is 53.6 Å². The van der Waals surface area contributed by atoms with Crippen molar-refractivity contribution in [3.05, 3.63) is 89.9 Å². The molecule has 2 N–H and O–H groups in total. The maximum absolute atomic E-state index is 4.42. The van der Waals surface area contributed by atoms with Gasteiger partial charge in [-0.1, -0.05) is 48.6 Å². The van der Waals surface area contributed by atoms with Crippen molar-refractivity contribution >= 4 is 5.82 Å². The van der Waals surface area contributed by atoms with Gasteiger partial charge < -0.3 is 5.32 Å². The maximum atomic E-state index is 4.42. The standard InChI is InChI=1S/C22H24N4/c1-3-4-5-6-10-19-15-20(26-25-19)16-24-22-14-18(12-13-23-22)21-11-8-7-9-17(21)2/h3-9,11-15H,10,16H2,1-2H3,(H,23,24)(H,25,26)/b4-3?,6-5-. The minimum Gasteiger partial charge on any atom is -0.364 e. The van der Waals surface area contributed by atoms with E-state index in [0.29, 0.717) is 6.54 Å². The second kappa shape index (κ2) is 8.81. The number of aromatic nitrogens is 3. The van der Waals surface area contributed by atoms with E-state index in [4.69, 9.17) is 0 Å². The zero-order chi connectivity index (χ0) is 18.2. The molecule has 0 spiro atoms. The normalized spacial score (nSPS) is 11.5. The predicted octanol–water partition coefficient (Wildman–Crippen LogP) is 5.07. The van der Waals surface area contributed by atoms with Gasteiger partial charge in [-0.05, 0) is 48.7 Å². The van der Waals surface area contributed by atoms with Crippen molar-refractivity contribution in [3.63, 3.8) is 0 Å². The number of nitrogens with one attached hydrogen (secondary N) is 2. The van der Waals surface area contributed by atoms with Crippen LogP contribution in [0.4, 0.5) is 5.82 Å². The van der Waals surface area contributed by atoms with Crippen molar-refractivity contribution in [3.8, 4) is 11.1 Å². The van der Waals surface area contributed by atoms with Crippen LogP contribution in [0.3, 0.4) is 0 Å². The number of aryl methyl sites for hydroxylation is 1. The number of hydrogen-bond donors (Lipinski definition) is 2. The Balaban J connectivity index is 1.63. The van der Waals surface area contributed by atoms with Gasteiger partial charge in [-0.3, -0.25) is 5.10 Å². The number of aromatic amines is 1. The number of anilines is 1. The van der Waals surface area contributed by atoms with Gasteiger partial charge >= 0.3 is 0 Å². The summed E-state index contributed by atoms with van der Waals surface area (Å²) in [6.45, 7) is 4.79. The summed E-state index contributed by atoms with van der Waals surface area (Å²) in [4.78, 5) is 4.42. The Morgan fingerprint density at radius 3 is 2.85 bits per heavy atom. The highest BCUT2D eigenvalue weighted by molar-refractivity contribution is 5.69. The number of hydrogen-bond acceptors (Lipinski definition) is 3. The number of nitrogens with zero attached hydrogens (tertiary/aromatic N) is 2. The van der Waals surface area contributed by atoms with Gasteiger partial charge in [-0.25, -0.2) is 4.98 Å². The summed E-state index contributed by atoms with van der Waals surface area (Å²) in [6, 6.07) is 14.6. The van der Waals surface area contributed by atoms with Gasteiger partial charge in [0.2, 0.25) is 0 Å². The van der Waals surface area contributed by atoms with Gasteiger partial charge in [0, 0.05) is 12.6 Å². The first-order valence-corrected chi connectivity index (χ1v) is 8.83. The number of allylic oxidation sites excluding steroid dienone is 4. The number of benzene rings is 1. The summed E-state index contributed by atoms with van der Waals surface area (Å²) in [5, 5.41) is 10.8. The third-order valence-corrected chi connectivity index (χ3v) is 4.13. The molecule has 0 radical (unpaired) electrons. The molecular formula is C22H24N4. The summed E-state index contributed by atoms with van der Waals surface area (Å²) < 4.78 is 0. The Labute approximate surface area is 154 Å². The van der Waals surface area contributed by atoms with Crippen LogP contribution >= 0.6 is 0 Å². The fourth-order valence-corrected chi connectivity index (χ4v) is 2.76. The third kappa shape index (κ3) is 4.70. The monoisotopic (exact) mass is 344 g/mol. The van der Waals surface area contributed by atoms with Gasteiger partial charge in [0.05, 0.1) is 17.9 Å².